The van der Waals surface area contributed by atoms with E-state index in [1.165, 1.54) is 32.5 Å². The Morgan fingerprint density at radius 1 is 0.917 bits per heavy atom. The molecule has 4 rings (SSSR count). The fourth-order valence-corrected chi connectivity index (χ4v) is 6.14. The highest BCUT2D eigenvalue weighted by Gasteiger charge is 2.14. The van der Waals surface area contributed by atoms with Gasteiger partial charge in [-0.15, -0.1) is 0 Å². The highest BCUT2D eigenvalue weighted by molar-refractivity contribution is 8.01. The minimum absolute atomic E-state index is 0.0543. The summed E-state index contributed by atoms with van der Waals surface area (Å²) in [5, 5.41) is 8.80. The summed E-state index contributed by atoms with van der Waals surface area (Å²) in [6.45, 7) is 0.989. The molecule has 1 aliphatic heterocycles. The van der Waals surface area contributed by atoms with Crippen LogP contribution in [0.15, 0.2) is 47.4 Å². The van der Waals surface area contributed by atoms with Gasteiger partial charge in [-0.1, -0.05) is 41.7 Å². The molecule has 0 unspecified atom stereocenters. The van der Waals surface area contributed by atoms with Crippen LogP contribution in [0.2, 0.25) is 0 Å². The minimum atomic E-state index is -0.0643. The van der Waals surface area contributed by atoms with Gasteiger partial charge in [-0.2, -0.15) is 10.2 Å². The summed E-state index contributed by atoms with van der Waals surface area (Å²) >= 11 is 5.43. The van der Waals surface area contributed by atoms with E-state index in [1.54, 1.807) is 11.8 Å². The molecule has 1 aromatic carbocycles. The Morgan fingerprint density at radius 2 is 1.58 bits per heavy atom. The predicted molar refractivity (Wildman–Crippen MR) is 97.5 cm³/mol. The number of thioether (sulfide) groups is 1. The first-order valence-electron chi connectivity index (χ1n) is 7.23. The third-order valence-electron chi connectivity index (χ3n) is 3.44. The topological polar surface area (TPSA) is 69.8 Å². The van der Waals surface area contributed by atoms with Gasteiger partial charge in [-0.05, 0) is 40.7 Å². The summed E-state index contributed by atoms with van der Waals surface area (Å²) in [5.74, 6) is 0.728. The SMILES string of the molecule is O=c1sc2nn1CCCn1nc(sc1=O)Sc1ccccc1CS2. The summed E-state index contributed by atoms with van der Waals surface area (Å²) < 4.78 is 4.50. The van der Waals surface area contributed by atoms with Gasteiger partial charge < -0.3 is 0 Å². The number of fused-ring (bicyclic) bond motifs is 5. The first-order valence-corrected chi connectivity index (χ1v) is 10.7. The lowest BCUT2D eigenvalue weighted by Gasteiger charge is -2.06. The Bertz CT molecular complexity index is 987. The third-order valence-corrected chi connectivity index (χ3v) is 7.48. The van der Waals surface area contributed by atoms with Crippen LogP contribution in [0.4, 0.5) is 0 Å². The van der Waals surface area contributed by atoms with Gasteiger partial charge >= 0.3 is 9.75 Å². The summed E-state index contributed by atoms with van der Waals surface area (Å²) in [7, 11) is 0. The number of aryl methyl sites for hydroxylation is 2. The molecule has 0 spiro atoms. The first-order chi connectivity index (χ1) is 11.7. The van der Waals surface area contributed by atoms with E-state index in [0.29, 0.717) is 19.5 Å². The van der Waals surface area contributed by atoms with Gasteiger partial charge in [0, 0.05) is 23.7 Å². The van der Waals surface area contributed by atoms with Crippen LogP contribution >= 0.6 is 46.2 Å². The van der Waals surface area contributed by atoms with E-state index in [2.05, 4.69) is 16.3 Å². The molecule has 1 aliphatic rings. The van der Waals surface area contributed by atoms with Crippen molar-refractivity contribution in [1.82, 2.24) is 19.6 Å². The van der Waals surface area contributed by atoms with E-state index in [9.17, 15) is 9.59 Å². The van der Waals surface area contributed by atoms with Crippen molar-refractivity contribution in [3.05, 3.63) is 49.2 Å². The fourth-order valence-electron chi connectivity index (χ4n) is 2.28. The monoisotopic (exact) mass is 396 g/mol. The molecule has 0 atom stereocenters. The molecule has 10 heteroatoms. The highest BCUT2D eigenvalue weighted by Crippen LogP contribution is 2.34. The maximum absolute atomic E-state index is 12.1. The highest BCUT2D eigenvalue weighted by atomic mass is 32.2. The summed E-state index contributed by atoms with van der Waals surface area (Å²) in [6.07, 6.45) is 0.651. The Kier molecular flexibility index (Phi) is 4.61. The average molecular weight is 397 g/mol. The maximum Gasteiger partial charge on any atom is 0.325 e. The van der Waals surface area contributed by atoms with Gasteiger partial charge in [0.15, 0.2) is 8.68 Å². The fraction of sp³-hybridized carbons (Fsp3) is 0.286. The van der Waals surface area contributed by atoms with Crippen molar-refractivity contribution in [2.75, 3.05) is 0 Å². The molecule has 0 saturated carbocycles. The summed E-state index contributed by atoms with van der Waals surface area (Å²) in [5.41, 5.74) is 1.15. The molecule has 0 radical (unpaired) electrons. The van der Waals surface area contributed by atoms with E-state index >= 15 is 0 Å². The van der Waals surface area contributed by atoms with Gasteiger partial charge in [0.25, 0.3) is 0 Å². The molecule has 0 saturated heterocycles. The van der Waals surface area contributed by atoms with Crippen LogP contribution < -0.4 is 9.75 Å². The van der Waals surface area contributed by atoms with Crippen LogP contribution in [-0.4, -0.2) is 19.6 Å². The van der Waals surface area contributed by atoms with Crippen molar-refractivity contribution in [1.29, 1.82) is 0 Å². The minimum Gasteiger partial charge on any atom is -0.255 e. The molecule has 6 nitrogen and oxygen atoms in total. The second-order valence-electron chi connectivity index (χ2n) is 5.07. The molecule has 0 aliphatic carbocycles. The molecular weight excluding hydrogens is 384 g/mol. The summed E-state index contributed by atoms with van der Waals surface area (Å²) in [6, 6.07) is 8.06. The Labute approximate surface area is 153 Å². The van der Waals surface area contributed by atoms with Crippen molar-refractivity contribution in [3.8, 4) is 0 Å². The van der Waals surface area contributed by atoms with Crippen LogP contribution in [0.5, 0.6) is 0 Å². The molecule has 2 aromatic heterocycles. The number of hydrogen-bond acceptors (Lipinski definition) is 8. The van der Waals surface area contributed by atoms with E-state index in [-0.39, 0.29) is 9.75 Å². The van der Waals surface area contributed by atoms with Gasteiger partial charge in [0.05, 0.1) is 0 Å². The molecule has 0 N–H and O–H groups in total. The van der Waals surface area contributed by atoms with Crippen LogP contribution in [0.3, 0.4) is 0 Å². The van der Waals surface area contributed by atoms with Gasteiger partial charge in [-0.25, -0.2) is 9.36 Å². The second kappa shape index (κ2) is 6.87. The van der Waals surface area contributed by atoms with Gasteiger partial charge in [-0.3, -0.25) is 9.59 Å². The number of aromatic nitrogens is 4. The van der Waals surface area contributed by atoms with Gasteiger partial charge in [0.2, 0.25) is 0 Å². The van der Waals surface area contributed by atoms with E-state index in [0.717, 1.165) is 36.2 Å². The smallest absolute Gasteiger partial charge is 0.255 e. The largest absolute Gasteiger partial charge is 0.325 e. The Hall–Kier alpha value is -1.36. The Balaban J connectivity index is 1.75. The summed E-state index contributed by atoms with van der Waals surface area (Å²) in [4.78, 5) is 25.0. The average Bonchev–Trinajstić information content (AvgIpc) is 3.09. The van der Waals surface area contributed by atoms with Crippen LogP contribution in [0.1, 0.15) is 12.0 Å². The normalized spacial score (nSPS) is 14.8. The van der Waals surface area contributed by atoms with Crippen molar-refractivity contribution in [2.45, 2.75) is 38.8 Å². The molecule has 4 bridgehead atoms. The standard InChI is InChI=1S/C14H12N4O2S4/c19-13-17-6-3-7-18-14(20)24-12(16-18)22-10-5-2-1-4-9(10)8-21-11(15-17)23-13/h1-2,4-5H,3,6-8H2. The molecule has 3 aromatic rings. The van der Waals surface area contributed by atoms with E-state index < -0.39 is 0 Å². The van der Waals surface area contributed by atoms with Crippen molar-refractivity contribution in [2.24, 2.45) is 0 Å². The molecule has 124 valence electrons. The zero-order valence-electron chi connectivity index (χ0n) is 12.4. The van der Waals surface area contributed by atoms with E-state index in [4.69, 9.17) is 0 Å². The molecular formula is C14H12N4O2S4. The van der Waals surface area contributed by atoms with Crippen molar-refractivity contribution in [3.63, 3.8) is 0 Å². The lowest BCUT2D eigenvalue weighted by molar-refractivity contribution is 0.478. The third kappa shape index (κ3) is 3.37. The van der Waals surface area contributed by atoms with Crippen molar-refractivity contribution < 1.29 is 0 Å². The number of rotatable bonds is 0. The number of benzene rings is 1. The number of nitrogens with zero attached hydrogens (tertiary/aromatic N) is 4. The maximum atomic E-state index is 12.1. The molecule has 0 fully saturated rings. The van der Waals surface area contributed by atoms with Crippen LogP contribution in [0, 0.1) is 0 Å². The quantitative estimate of drug-likeness (QED) is 0.582. The molecule has 3 heterocycles. The first kappa shape index (κ1) is 16.1. The van der Waals surface area contributed by atoms with Crippen LogP contribution in [-0.2, 0) is 18.8 Å². The van der Waals surface area contributed by atoms with Crippen LogP contribution in [0.25, 0.3) is 0 Å². The Morgan fingerprint density at radius 3 is 2.38 bits per heavy atom. The lowest BCUT2D eigenvalue weighted by atomic mass is 10.2. The second-order valence-corrected chi connectivity index (χ2v) is 9.46. The lowest BCUT2D eigenvalue weighted by Crippen LogP contribution is -2.19. The number of hydrogen-bond donors (Lipinski definition) is 0. The molecule has 0 amide bonds. The van der Waals surface area contributed by atoms with E-state index in [1.807, 2.05) is 18.2 Å². The molecule has 24 heavy (non-hydrogen) atoms. The zero-order valence-corrected chi connectivity index (χ0v) is 15.6. The van der Waals surface area contributed by atoms with Crippen molar-refractivity contribution >= 4 is 46.2 Å². The predicted octanol–water partition coefficient (Wildman–Crippen LogP) is 2.77. The van der Waals surface area contributed by atoms with Gasteiger partial charge in [0.1, 0.15) is 0 Å². The zero-order chi connectivity index (χ0) is 16.5.